The molecule has 3 heterocycles. The van der Waals surface area contributed by atoms with E-state index in [4.69, 9.17) is 16.7 Å². The molecule has 172 valence electrons. The Labute approximate surface area is 203 Å². The fourth-order valence-corrected chi connectivity index (χ4v) is 5.10. The van der Waals surface area contributed by atoms with Gasteiger partial charge in [-0.2, -0.15) is 4.98 Å². The number of benzene rings is 2. The molecule has 2 aromatic carbocycles. The van der Waals surface area contributed by atoms with Gasteiger partial charge in [0.05, 0.1) is 12.1 Å². The second kappa shape index (κ2) is 8.88. The number of hydrogen-bond donors (Lipinski definition) is 3. The van der Waals surface area contributed by atoms with Crippen molar-refractivity contribution in [2.75, 3.05) is 11.9 Å². The zero-order chi connectivity index (χ0) is 23.8. The Bertz CT molecular complexity index is 1560. The Morgan fingerprint density at radius 1 is 1.18 bits per heavy atom. The Morgan fingerprint density at radius 3 is 2.56 bits per heavy atom. The zero-order valence-electron chi connectivity index (χ0n) is 18.5. The van der Waals surface area contributed by atoms with Crippen molar-refractivity contribution in [2.45, 2.75) is 20.4 Å². The number of thiophene rings is 1. The molecule has 0 atom stereocenters. The first-order valence-electron chi connectivity index (χ1n) is 10.7. The highest BCUT2D eigenvalue weighted by atomic mass is 32.1. The van der Waals surface area contributed by atoms with Gasteiger partial charge in [0, 0.05) is 17.0 Å². The van der Waals surface area contributed by atoms with E-state index in [1.807, 2.05) is 66.9 Å². The largest absolute Gasteiger partial charge is 0.477 e. The maximum Gasteiger partial charge on any atom is 0.348 e. The Hall–Kier alpha value is -3.76. The van der Waals surface area contributed by atoms with Crippen molar-refractivity contribution in [1.29, 1.82) is 0 Å². The highest BCUT2D eigenvalue weighted by molar-refractivity contribution is 7.71. The number of aromatic carboxylic acids is 1. The van der Waals surface area contributed by atoms with Gasteiger partial charge in [0.25, 0.3) is 0 Å². The first-order valence-corrected chi connectivity index (χ1v) is 11.9. The molecule has 10 heteroatoms. The summed E-state index contributed by atoms with van der Waals surface area (Å²) in [7, 11) is 0. The first kappa shape index (κ1) is 22.1. The van der Waals surface area contributed by atoms with Crippen LogP contribution in [0.2, 0.25) is 0 Å². The van der Waals surface area contributed by atoms with Crippen LogP contribution in [-0.4, -0.2) is 37.3 Å². The van der Waals surface area contributed by atoms with Crippen LogP contribution in [-0.2, 0) is 6.54 Å². The minimum absolute atomic E-state index is 0.160. The van der Waals surface area contributed by atoms with Gasteiger partial charge >= 0.3 is 10.8 Å². The Morgan fingerprint density at radius 2 is 1.91 bits per heavy atom. The van der Waals surface area contributed by atoms with Gasteiger partial charge in [0.15, 0.2) is 5.82 Å². The number of carboxylic acid groups (broad SMARTS) is 1. The molecule has 34 heavy (non-hydrogen) atoms. The van der Waals surface area contributed by atoms with E-state index in [0.717, 1.165) is 32.6 Å². The summed E-state index contributed by atoms with van der Waals surface area (Å²) in [6.07, 6.45) is 0. The standard InChI is InChI=1S/C24H21N5O3S2/c1-3-25-23-26-18-13(2)34-20(22(30)31)19(18)29(23)12-14-8-10-15(11-9-14)16-6-4-5-7-17(16)21-27-24(33)32-28-21/h4-11H,3,12H2,1-2H3,(H,25,26)(H,30,31)(H,27,28,33). The molecule has 0 unspecified atom stereocenters. The summed E-state index contributed by atoms with van der Waals surface area (Å²) in [5.41, 5.74) is 5.31. The summed E-state index contributed by atoms with van der Waals surface area (Å²) >= 11 is 6.26. The summed E-state index contributed by atoms with van der Waals surface area (Å²) in [6, 6.07) is 16.1. The average molecular weight is 492 g/mol. The zero-order valence-corrected chi connectivity index (χ0v) is 20.1. The van der Waals surface area contributed by atoms with Gasteiger partial charge in [0.2, 0.25) is 5.95 Å². The van der Waals surface area contributed by atoms with Crippen LogP contribution in [0.25, 0.3) is 33.5 Å². The topological polar surface area (TPSA) is 109 Å². The molecule has 0 aliphatic rings. The van der Waals surface area contributed by atoms with Crippen molar-refractivity contribution in [1.82, 2.24) is 19.7 Å². The lowest BCUT2D eigenvalue weighted by Crippen LogP contribution is -2.09. The van der Waals surface area contributed by atoms with E-state index < -0.39 is 5.97 Å². The van der Waals surface area contributed by atoms with Gasteiger partial charge in [-0.05, 0) is 42.8 Å². The van der Waals surface area contributed by atoms with Gasteiger partial charge in [-0.1, -0.05) is 48.5 Å². The number of rotatable bonds is 7. The number of imidazole rings is 1. The summed E-state index contributed by atoms with van der Waals surface area (Å²) < 4.78 is 7.05. The van der Waals surface area contributed by atoms with Crippen LogP contribution < -0.4 is 5.32 Å². The number of aryl methyl sites for hydroxylation is 1. The number of aromatic nitrogens is 4. The molecule has 0 saturated carbocycles. The van der Waals surface area contributed by atoms with Crippen molar-refractivity contribution in [2.24, 2.45) is 0 Å². The first-order chi connectivity index (χ1) is 16.5. The van der Waals surface area contributed by atoms with E-state index in [0.29, 0.717) is 35.3 Å². The second-order valence-electron chi connectivity index (χ2n) is 7.71. The lowest BCUT2D eigenvalue weighted by Gasteiger charge is -2.12. The summed E-state index contributed by atoms with van der Waals surface area (Å²) in [5, 5.41) is 15.8. The van der Waals surface area contributed by atoms with E-state index in [2.05, 4.69) is 20.4 Å². The molecule has 3 aromatic heterocycles. The number of aromatic amines is 1. The predicted molar refractivity (Wildman–Crippen MR) is 135 cm³/mol. The van der Waals surface area contributed by atoms with Crippen LogP contribution in [0.1, 0.15) is 27.0 Å². The molecule has 0 fully saturated rings. The van der Waals surface area contributed by atoms with E-state index in [1.54, 1.807) is 0 Å². The molecular formula is C24H21N5O3S2. The van der Waals surface area contributed by atoms with Gasteiger partial charge in [-0.15, -0.1) is 11.3 Å². The molecule has 0 bridgehead atoms. The second-order valence-corrected chi connectivity index (χ2v) is 9.29. The third-order valence-electron chi connectivity index (χ3n) is 5.53. The number of carbonyl (C=O) groups is 1. The molecule has 5 aromatic rings. The van der Waals surface area contributed by atoms with Gasteiger partial charge < -0.3 is 19.5 Å². The smallest absolute Gasteiger partial charge is 0.348 e. The maximum atomic E-state index is 11.9. The van der Waals surface area contributed by atoms with Crippen LogP contribution in [0.5, 0.6) is 0 Å². The molecule has 0 spiro atoms. The quantitative estimate of drug-likeness (QED) is 0.241. The normalized spacial score (nSPS) is 11.2. The lowest BCUT2D eigenvalue weighted by molar-refractivity contribution is 0.0703. The summed E-state index contributed by atoms with van der Waals surface area (Å²) in [6.45, 7) is 5.07. The van der Waals surface area contributed by atoms with Gasteiger partial charge in [-0.3, -0.25) is 0 Å². The highest BCUT2D eigenvalue weighted by Gasteiger charge is 2.23. The number of hydrogen-bond acceptors (Lipinski definition) is 7. The van der Waals surface area contributed by atoms with Crippen molar-refractivity contribution in [3.8, 4) is 22.5 Å². The number of H-pyrrole nitrogens is 1. The van der Waals surface area contributed by atoms with Crippen LogP contribution in [0.4, 0.5) is 5.95 Å². The lowest BCUT2D eigenvalue weighted by atomic mass is 9.98. The molecule has 0 aliphatic carbocycles. The monoisotopic (exact) mass is 491 g/mol. The molecular weight excluding hydrogens is 470 g/mol. The predicted octanol–water partition coefficient (Wildman–Crippen LogP) is 5.96. The van der Waals surface area contributed by atoms with Crippen molar-refractivity contribution in [3.63, 3.8) is 0 Å². The van der Waals surface area contributed by atoms with Crippen LogP contribution >= 0.6 is 23.6 Å². The van der Waals surface area contributed by atoms with E-state index in [1.165, 1.54) is 11.3 Å². The van der Waals surface area contributed by atoms with Crippen molar-refractivity contribution < 1.29 is 14.4 Å². The van der Waals surface area contributed by atoms with E-state index in [-0.39, 0.29) is 4.84 Å². The highest BCUT2D eigenvalue weighted by Crippen LogP contribution is 2.34. The molecule has 0 saturated heterocycles. The van der Waals surface area contributed by atoms with Gasteiger partial charge in [-0.25, -0.2) is 14.9 Å². The number of fused-ring (bicyclic) bond motifs is 1. The number of carboxylic acids is 1. The van der Waals surface area contributed by atoms with Crippen molar-refractivity contribution >= 4 is 46.5 Å². The third-order valence-corrected chi connectivity index (χ3v) is 6.77. The fraction of sp³-hybridized carbons (Fsp3) is 0.167. The van der Waals surface area contributed by atoms with E-state index >= 15 is 0 Å². The molecule has 0 amide bonds. The minimum atomic E-state index is -0.939. The molecule has 0 radical (unpaired) electrons. The summed E-state index contributed by atoms with van der Waals surface area (Å²) in [5.74, 6) is 0.308. The number of nitrogens with one attached hydrogen (secondary N) is 2. The van der Waals surface area contributed by atoms with Crippen LogP contribution in [0.3, 0.4) is 0 Å². The third kappa shape index (κ3) is 3.91. The van der Waals surface area contributed by atoms with Crippen LogP contribution in [0, 0.1) is 11.8 Å². The molecule has 3 N–H and O–H groups in total. The SMILES string of the molecule is CCNc1nc2c(C)sc(C(=O)O)c2n1Cc1ccc(-c2ccccc2-c2nc(=S)o[nH]2)cc1. The maximum absolute atomic E-state index is 11.9. The fourth-order valence-electron chi connectivity index (χ4n) is 4.03. The number of nitrogens with zero attached hydrogens (tertiary/aromatic N) is 3. The van der Waals surface area contributed by atoms with Gasteiger partial charge in [0.1, 0.15) is 10.4 Å². The number of anilines is 1. The van der Waals surface area contributed by atoms with Crippen LogP contribution in [0.15, 0.2) is 53.1 Å². The Kier molecular flexibility index (Phi) is 5.76. The molecule has 0 aliphatic heterocycles. The minimum Gasteiger partial charge on any atom is -0.477 e. The van der Waals surface area contributed by atoms with Crippen molar-refractivity contribution in [3.05, 3.63) is 68.7 Å². The molecule has 5 rings (SSSR count). The van der Waals surface area contributed by atoms with E-state index in [9.17, 15) is 9.90 Å². The average Bonchev–Trinajstić information content (AvgIpc) is 3.51. The summed E-state index contributed by atoms with van der Waals surface area (Å²) in [4.78, 5) is 22.2. The molecule has 8 nitrogen and oxygen atoms in total. The Balaban J connectivity index is 1.52.